The van der Waals surface area contributed by atoms with Crippen LogP contribution < -0.4 is 19.1 Å². The molecule has 0 spiro atoms. The van der Waals surface area contributed by atoms with Crippen molar-refractivity contribution in [2.75, 3.05) is 47.5 Å². The van der Waals surface area contributed by atoms with E-state index in [-0.39, 0.29) is 5.91 Å². The van der Waals surface area contributed by atoms with Crippen LogP contribution in [0.1, 0.15) is 15.9 Å². The maximum absolute atomic E-state index is 13.0. The number of hydrogen-bond donors (Lipinski definition) is 1. The van der Waals surface area contributed by atoms with Crippen molar-refractivity contribution in [3.63, 3.8) is 0 Å². The number of amides is 1. The van der Waals surface area contributed by atoms with Crippen LogP contribution in [0.2, 0.25) is 0 Å². The first-order valence-corrected chi connectivity index (χ1v) is 10.0. The minimum Gasteiger partial charge on any atom is -0.496 e. The maximum atomic E-state index is 13.0. The van der Waals surface area contributed by atoms with Gasteiger partial charge in [-0.3, -0.25) is 4.79 Å². The number of benzene rings is 2. The predicted octanol–water partition coefficient (Wildman–Crippen LogP) is 2.02. The Morgan fingerprint density at radius 3 is 2.36 bits per heavy atom. The van der Waals surface area contributed by atoms with E-state index in [4.69, 9.17) is 14.2 Å². The molecule has 0 unspecified atom stereocenters. The van der Waals surface area contributed by atoms with Crippen LogP contribution in [0.3, 0.4) is 0 Å². The van der Waals surface area contributed by atoms with Crippen LogP contribution in [-0.4, -0.2) is 58.3 Å². The SMILES string of the molecule is COc1ccc(C[NH+]2CCN(C(=O)c3cccc(OC)c3OC)CC2)cc1Br. The number of nitrogens with zero attached hydrogens (tertiary/aromatic N) is 1. The first-order chi connectivity index (χ1) is 13.6. The normalized spacial score (nSPS) is 14.6. The zero-order valence-electron chi connectivity index (χ0n) is 16.5. The van der Waals surface area contributed by atoms with E-state index in [9.17, 15) is 4.79 Å². The van der Waals surface area contributed by atoms with Crippen molar-refractivity contribution in [1.82, 2.24) is 4.90 Å². The lowest BCUT2D eigenvalue weighted by atomic mass is 10.1. The fourth-order valence-electron chi connectivity index (χ4n) is 3.54. The Morgan fingerprint density at radius 1 is 1.04 bits per heavy atom. The number of nitrogens with one attached hydrogen (secondary N) is 1. The summed E-state index contributed by atoms with van der Waals surface area (Å²) < 4.78 is 17.0. The van der Waals surface area contributed by atoms with Gasteiger partial charge in [-0.1, -0.05) is 6.07 Å². The smallest absolute Gasteiger partial charge is 0.258 e. The third kappa shape index (κ3) is 4.42. The predicted molar refractivity (Wildman–Crippen MR) is 111 cm³/mol. The van der Waals surface area contributed by atoms with Crippen molar-refractivity contribution in [3.05, 3.63) is 52.0 Å². The number of hydrogen-bond acceptors (Lipinski definition) is 4. The second-order valence-corrected chi connectivity index (χ2v) is 7.58. The first-order valence-electron chi connectivity index (χ1n) is 9.23. The molecule has 150 valence electrons. The van der Waals surface area contributed by atoms with E-state index in [1.165, 1.54) is 10.5 Å². The van der Waals surface area contributed by atoms with E-state index in [1.807, 2.05) is 17.0 Å². The van der Waals surface area contributed by atoms with Gasteiger partial charge in [0.05, 0.1) is 57.5 Å². The number of carbonyl (C=O) groups is 1. The molecular weight excluding hydrogens is 424 g/mol. The Morgan fingerprint density at radius 2 is 1.75 bits per heavy atom. The van der Waals surface area contributed by atoms with Crippen LogP contribution in [-0.2, 0) is 6.54 Å². The van der Waals surface area contributed by atoms with Crippen LogP contribution in [0.4, 0.5) is 0 Å². The molecule has 1 saturated heterocycles. The average Bonchev–Trinajstić information content (AvgIpc) is 2.73. The summed E-state index contributed by atoms with van der Waals surface area (Å²) in [5, 5.41) is 0. The van der Waals surface area contributed by atoms with Crippen LogP contribution in [0.15, 0.2) is 40.9 Å². The molecule has 7 heteroatoms. The van der Waals surface area contributed by atoms with E-state index < -0.39 is 0 Å². The second-order valence-electron chi connectivity index (χ2n) is 6.73. The van der Waals surface area contributed by atoms with Gasteiger partial charge in [-0.2, -0.15) is 0 Å². The molecule has 1 N–H and O–H groups in total. The van der Waals surface area contributed by atoms with Gasteiger partial charge >= 0.3 is 0 Å². The van der Waals surface area contributed by atoms with Crippen molar-refractivity contribution >= 4 is 21.8 Å². The summed E-state index contributed by atoms with van der Waals surface area (Å²) in [5.41, 5.74) is 1.79. The summed E-state index contributed by atoms with van der Waals surface area (Å²) in [6.07, 6.45) is 0. The Labute approximate surface area is 174 Å². The highest BCUT2D eigenvalue weighted by Crippen LogP contribution is 2.31. The topological polar surface area (TPSA) is 52.4 Å². The average molecular weight is 450 g/mol. The lowest BCUT2D eigenvalue weighted by Crippen LogP contribution is -3.13. The van der Waals surface area contributed by atoms with Gasteiger partial charge in [0.15, 0.2) is 11.5 Å². The summed E-state index contributed by atoms with van der Waals surface area (Å²) in [7, 11) is 4.80. The maximum Gasteiger partial charge on any atom is 0.258 e. The molecule has 1 fully saturated rings. The van der Waals surface area contributed by atoms with Gasteiger partial charge in [-0.05, 0) is 46.3 Å². The van der Waals surface area contributed by atoms with Crippen LogP contribution in [0, 0.1) is 0 Å². The van der Waals surface area contributed by atoms with Gasteiger partial charge < -0.3 is 24.0 Å². The molecule has 6 nitrogen and oxygen atoms in total. The molecule has 1 heterocycles. The number of carbonyl (C=O) groups excluding carboxylic acids is 1. The van der Waals surface area contributed by atoms with Crippen LogP contribution in [0.25, 0.3) is 0 Å². The lowest BCUT2D eigenvalue weighted by molar-refractivity contribution is -0.917. The zero-order chi connectivity index (χ0) is 20.1. The Hall–Kier alpha value is -2.25. The molecule has 28 heavy (non-hydrogen) atoms. The van der Waals surface area contributed by atoms with Crippen LogP contribution >= 0.6 is 15.9 Å². The number of para-hydroxylation sites is 1. The van der Waals surface area contributed by atoms with E-state index >= 15 is 0 Å². The first kappa shape index (κ1) is 20.5. The zero-order valence-corrected chi connectivity index (χ0v) is 18.0. The molecular formula is C21H26BrN2O4+. The standard InChI is InChI=1S/C21H25BrN2O4/c1-26-18-8-7-15(13-17(18)22)14-23-9-11-24(12-10-23)21(25)16-5-4-6-19(27-2)20(16)28-3/h4-8,13H,9-12,14H2,1-3H3/p+1. The minimum atomic E-state index is -0.0120. The molecule has 2 aromatic rings. The molecule has 0 aliphatic carbocycles. The van der Waals surface area contributed by atoms with Gasteiger partial charge in [-0.25, -0.2) is 0 Å². The Kier molecular flexibility index (Phi) is 6.80. The summed E-state index contributed by atoms with van der Waals surface area (Å²) in [6, 6.07) is 11.6. The summed E-state index contributed by atoms with van der Waals surface area (Å²) >= 11 is 3.54. The number of quaternary nitrogens is 1. The summed E-state index contributed by atoms with van der Waals surface area (Å²) in [5.74, 6) is 1.89. The highest BCUT2D eigenvalue weighted by Gasteiger charge is 2.27. The Bertz CT molecular complexity index is 835. The van der Waals surface area contributed by atoms with Crippen molar-refractivity contribution in [2.45, 2.75) is 6.54 Å². The Balaban J connectivity index is 1.62. The van der Waals surface area contributed by atoms with Gasteiger partial charge in [-0.15, -0.1) is 0 Å². The summed E-state index contributed by atoms with van der Waals surface area (Å²) in [6.45, 7) is 4.16. The molecule has 0 radical (unpaired) electrons. The van der Waals surface area contributed by atoms with E-state index in [1.54, 1.807) is 33.5 Å². The van der Waals surface area contributed by atoms with Crippen molar-refractivity contribution in [3.8, 4) is 17.2 Å². The molecule has 0 atom stereocenters. The quantitative estimate of drug-likeness (QED) is 0.732. The second kappa shape index (κ2) is 9.30. The molecule has 0 aromatic heterocycles. The number of ether oxygens (including phenoxy) is 3. The largest absolute Gasteiger partial charge is 0.496 e. The molecule has 0 bridgehead atoms. The van der Waals surface area contributed by atoms with E-state index in [2.05, 4.69) is 28.1 Å². The van der Waals surface area contributed by atoms with Crippen LogP contribution in [0.5, 0.6) is 17.2 Å². The molecule has 1 aliphatic rings. The monoisotopic (exact) mass is 449 g/mol. The van der Waals surface area contributed by atoms with Gasteiger partial charge in [0, 0.05) is 5.56 Å². The lowest BCUT2D eigenvalue weighted by Gasteiger charge is -2.32. The number of rotatable bonds is 6. The highest BCUT2D eigenvalue weighted by molar-refractivity contribution is 9.10. The van der Waals surface area contributed by atoms with Crippen molar-refractivity contribution in [2.24, 2.45) is 0 Å². The van der Waals surface area contributed by atoms with Gasteiger partial charge in [0.1, 0.15) is 12.3 Å². The molecule has 0 saturated carbocycles. The van der Waals surface area contributed by atoms with E-state index in [0.29, 0.717) is 30.2 Å². The highest BCUT2D eigenvalue weighted by atomic mass is 79.9. The van der Waals surface area contributed by atoms with Gasteiger partial charge in [0.2, 0.25) is 0 Å². The third-order valence-electron chi connectivity index (χ3n) is 5.06. The fourth-order valence-corrected chi connectivity index (χ4v) is 4.13. The molecule has 1 amide bonds. The minimum absolute atomic E-state index is 0.0120. The van der Waals surface area contributed by atoms with Gasteiger partial charge in [0.25, 0.3) is 5.91 Å². The van der Waals surface area contributed by atoms with Crippen molar-refractivity contribution < 1.29 is 23.9 Å². The third-order valence-corrected chi connectivity index (χ3v) is 5.68. The number of piperazine rings is 1. The number of methoxy groups -OCH3 is 3. The van der Waals surface area contributed by atoms with E-state index in [0.717, 1.165) is 29.9 Å². The van der Waals surface area contributed by atoms with Crippen molar-refractivity contribution in [1.29, 1.82) is 0 Å². The summed E-state index contributed by atoms with van der Waals surface area (Å²) in [4.78, 5) is 16.3. The molecule has 3 rings (SSSR count). The fraction of sp³-hybridized carbons (Fsp3) is 0.381. The molecule has 1 aliphatic heterocycles. The molecule has 2 aromatic carbocycles. The number of halogens is 1.